The van der Waals surface area contributed by atoms with E-state index in [4.69, 9.17) is 4.42 Å². The number of nitrogens with one attached hydrogen (secondary N) is 3. The van der Waals surface area contributed by atoms with E-state index >= 15 is 0 Å². The van der Waals surface area contributed by atoms with Gasteiger partial charge in [-0.05, 0) is 24.3 Å². The van der Waals surface area contributed by atoms with Crippen LogP contribution in [0.15, 0.2) is 41.0 Å². The second kappa shape index (κ2) is 6.39. The Balaban J connectivity index is 2.08. The Morgan fingerprint density at radius 2 is 1.91 bits per heavy atom. The van der Waals surface area contributed by atoms with Gasteiger partial charge in [0.15, 0.2) is 5.76 Å². The Labute approximate surface area is 124 Å². The van der Waals surface area contributed by atoms with Gasteiger partial charge in [-0.2, -0.15) is 0 Å². The van der Waals surface area contributed by atoms with E-state index in [1.807, 2.05) is 0 Å². The van der Waals surface area contributed by atoms with Crippen LogP contribution in [0.25, 0.3) is 0 Å². The number of carbonyl (C=O) groups is 2. The molecule has 2 amide bonds. The standard InChI is InChI=1S/C13H12N4O5/c1-14-9-5-4-8(7-10(9)17(20)21)12(18)15-16-13(19)11-3-2-6-22-11/h2-7,14H,1H3,(H,15,18)(H,16,19). The second-order valence-corrected chi connectivity index (χ2v) is 4.12. The first-order valence-corrected chi connectivity index (χ1v) is 6.13. The molecule has 1 aromatic carbocycles. The van der Waals surface area contributed by atoms with Crippen LogP contribution < -0.4 is 16.2 Å². The lowest BCUT2D eigenvalue weighted by molar-refractivity contribution is -0.384. The van der Waals surface area contributed by atoms with Crippen molar-refractivity contribution in [2.45, 2.75) is 0 Å². The van der Waals surface area contributed by atoms with Crippen LogP contribution >= 0.6 is 0 Å². The zero-order valence-corrected chi connectivity index (χ0v) is 11.5. The van der Waals surface area contributed by atoms with Gasteiger partial charge in [0, 0.05) is 18.7 Å². The molecular formula is C13H12N4O5. The highest BCUT2D eigenvalue weighted by Crippen LogP contribution is 2.24. The second-order valence-electron chi connectivity index (χ2n) is 4.12. The molecule has 2 aromatic rings. The van der Waals surface area contributed by atoms with Crippen LogP contribution in [0.4, 0.5) is 11.4 Å². The van der Waals surface area contributed by atoms with Gasteiger partial charge in [0.2, 0.25) is 0 Å². The van der Waals surface area contributed by atoms with Crippen molar-refractivity contribution in [2.75, 3.05) is 12.4 Å². The topological polar surface area (TPSA) is 127 Å². The molecule has 9 nitrogen and oxygen atoms in total. The molecule has 1 aromatic heterocycles. The normalized spacial score (nSPS) is 9.86. The smallest absolute Gasteiger partial charge is 0.305 e. The number of hydrazine groups is 1. The van der Waals surface area contributed by atoms with Crippen molar-refractivity contribution >= 4 is 23.2 Å². The van der Waals surface area contributed by atoms with Crippen LogP contribution in [0, 0.1) is 10.1 Å². The van der Waals surface area contributed by atoms with Crippen LogP contribution in [0.5, 0.6) is 0 Å². The van der Waals surface area contributed by atoms with Crippen molar-refractivity contribution in [3.05, 3.63) is 58.0 Å². The van der Waals surface area contributed by atoms with E-state index < -0.39 is 16.7 Å². The number of furan rings is 1. The summed E-state index contributed by atoms with van der Waals surface area (Å²) in [6.45, 7) is 0. The zero-order chi connectivity index (χ0) is 16.1. The van der Waals surface area contributed by atoms with E-state index in [1.54, 1.807) is 0 Å². The fourth-order valence-electron chi connectivity index (χ4n) is 1.69. The molecule has 0 atom stereocenters. The van der Waals surface area contributed by atoms with E-state index in [9.17, 15) is 19.7 Å². The third kappa shape index (κ3) is 3.20. The molecule has 114 valence electrons. The van der Waals surface area contributed by atoms with Crippen molar-refractivity contribution in [3.63, 3.8) is 0 Å². The molecule has 1 heterocycles. The Morgan fingerprint density at radius 1 is 1.18 bits per heavy atom. The molecular weight excluding hydrogens is 292 g/mol. The highest BCUT2D eigenvalue weighted by Gasteiger charge is 2.17. The number of nitro benzene ring substituents is 1. The minimum atomic E-state index is -0.689. The van der Waals surface area contributed by atoms with E-state index in [0.29, 0.717) is 0 Å². The van der Waals surface area contributed by atoms with Gasteiger partial charge in [-0.15, -0.1) is 0 Å². The van der Waals surface area contributed by atoms with E-state index in [0.717, 1.165) is 6.07 Å². The van der Waals surface area contributed by atoms with Gasteiger partial charge in [-0.3, -0.25) is 30.6 Å². The summed E-state index contributed by atoms with van der Waals surface area (Å²) in [6.07, 6.45) is 1.32. The van der Waals surface area contributed by atoms with Gasteiger partial charge < -0.3 is 9.73 Å². The molecule has 3 N–H and O–H groups in total. The first-order valence-electron chi connectivity index (χ1n) is 6.13. The van der Waals surface area contributed by atoms with Crippen LogP contribution in [-0.4, -0.2) is 23.8 Å². The van der Waals surface area contributed by atoms with Gasteiger partial charge in [0.1, 0.15) is 5.69 Å². The van der Waals surface area contributed by atoms with Crippen LogP contribution in [0.2, 0.25) is 0 Å². The number of anilines is 1. The molecule has 0 saturated carbocycles. The minimum absolute atomic E-state index is 0.0248. The number of carbonyl (C=O) groups excluding carboxylic acids is 2. The first kappa shape index (κ1) is 15.0. The molecule has 0 unspecified atom stereocenters. The fourth-order valence-corrected chi connectivity index (χ4v) is 1.69. The Kier molecular flexibility index (Phi) is 4.37. The summed E-state index contributed by atoms with van der Waals surface area (Å²) >= 11 is 0. The lowest BCUT2D eigenvalue weighted by Crippen LogP contribution is -2.41. The highest BCUT2D eigenvalue weighted by molar-refractivity contribution is 5.98. The average molecular weight is 304 g/mol. The molecule has 9 heteroatoms. The van der Waals surface area contributed by atoms with E-state index in [2.05, 4.69) is 16.2 Å². The number of nitrogens with zero attached hydrogens (tertiary/aromatic N) is 1. The van der Waals surface area contributed by atoms with Crippen LogP contribution in [0.1, 0.15) is 20.9 Å². The number of nitro groups is 1. The molecule has 2 rings (SSSR count). The number of rotatable bonds is 4. The van der Waals surface area contributed by atoms with Crippen molar-refractivity contribution in [2.24, 2.45) is 0 Å². The fraction of sp³-hybridized carbons (Fsp3) is 0.0769. The molecule has 0 spiro atoms. The van der Waals surface area contributed by atoms with Gasteiger partial charge in [-0.25, -0.2) is 0 Å². The number of hydrogen-bond donors (Lipinski definition) is 3. The Hall–Kier alpha value is -3.36. The predicted molar refractivity (Wildman–Crippen MR) is 76.3 cm³/mol. The van der Waals surface area contributed by atoms with Crippen molar-refractivity contribution in [1.82, 2.24) is 10.9 Å². The number of benzene rings is 1. The third-order valence-electron chi connectivity index (χ3n) is 2.76. The number of hydrogen-bond acceptors (Lipinski definition) is 6. The van der Waals surface area contributed by atoms with Gasteiger partial charge >= 0.3 is 5.91 Å². The third-order valence-corrected chi connectivity index (χ3v) is 2.76. The lowest BCUT2D eigenvalue weighted by atomic mass is 10.1. The molecule has 0 bridgehead atoms. The van der Waals surface area contributed by atoms with E-state index in [-0.39, 0.29) is 22.7 Å². The zero-order valence-electron chi connectivity index (χ0n) is 11.5. The maximum atomic E-state index is 11.9. The van der Waals surface area contributed by atoms with Crippen molar-refractivity contribution in [3.8, 4) is 0 Å². The molecule has 22 heavy (non-hydrogen) atoms. The van der Waals surface area contributed by atoms with E-state index in [1.165, 1.54) is 37.6 Å². The average Bonchev–Trinajstić information content (AvgIpc) is 3.06. The molecule has 0 aliphatic rings. The largest absolute Gasteiger partial charge is 0.459 e. The van der Waals surface area contributed by atoms with Crippen molar-refractivity contribution in [1.29, 1.82) is 0 Å². The highest BCUT2D eigenvalue weighted by atomic mass is 16.6. The summed E-state index contributed by atoms with van der Waals surface area (Å²) < 4.78 is 4.85. The lowest BCUT2D eigenvalue weighted by Gasteiger charge is -2.07. The SMILES string of the molecule is CNc1ccc(C(=O)NNC(=O)c2ccco2)cc1[N+](=O)[O-]. The Morgan fingerprint density at radius 3 is 2.50 bits per heavy atom. The molecule has 0 aliphatic carbocycles. The summed E-state index contributed by atoms with van der Waals surface area (Å²) in [6, 6.07) is 6.86. The van der Waals surface area contributed by atoms with Gasteiger partial charge in [-0.1, -0.05) is 0 Å². The first-order chi connectivity index (χ1) is 10.5. The van der Waals surface area contributed by atoms with Crippen molar-refractivity contribution < 1.29 is 18.9 Å². The summed E-state index contributed by atoms with van der Waals surface area (Å²) in [5.41, 5.74) is 4.36. The summed E-state index contributed by atoms with van der Waals surface area (Å²) in [7, 11) is 1.53. The maximum Gasteiger partial charge on any atom is 0.305 e. The molecule has 0 radical (unpaired) electrons. The molecule has 0 aliphatic heterocycles. The maximum absolute atomic E-state index is 11.9. The summed E-state index contributed by atoms with van der Waals surface area (Å²) in [5, 5.41) is 13.6. The predicted octanol–water partition coefficient (Wildman–Crippen LogP) is 1.30. The summed E-state index contributed by atoms with van der Waals surface area (Å²) in [5.74, 6) is -1.30. The molecule has 0 saturated heterocycles. The quantitative estimate of drug-likeness (QED) is 0.577. The summed E-state index contributed by atoms with van der Waals surface area (Å²) in [4.78, 5) is 33.8. The molecule has 0 fully saturated rings. The van der Waals surface area contributed by atoms with Crippen LogP contribution in [-0.2, 0) is 0 Å². The van der Waals surface area contributed by atoms with Gasteiger partial charge in [0.25, 0.3) is 11.6 Å². The minimum Gasteiger partial charge on any atom is -0.459 e. The Bertz CT molecular complexity index is 711. The van der Waals surface area contributed by atoms with Gasteiger partial charge in [0.05, 0.1) is 11.2 Å². The number of amides is 2. The van der Waals surface area contributed by atoms with Crippen LogP contribution in [0.3, 0.4) is 0 Å². The monoisotopic (exact) mass is 304 g/mol.